The molecule has 0 aromatic heterocycles. The topological polar surface area (TPSA) is 72.2 Å². The summed E-state index contributed by atoms with van der Waals surface area (Å²) in [4.78, 5) is 0.387. The van der Waals surface area contributed by atoms with Gasteiger partial charge in [-0.15, -0.1) is 0 Å². The van der Waals surface area contributed by atoms with E-state index in [0.29, 0.717) is 17.1 Å². The Morgan fingerprint density at radius 3 is 2.93 bits per heavy atom. The van der Waals surface area contributed by atoms with Gasteiger partial charge in [-0.25, -0.2) is 8.42 Å². The van der Waals surface area contributed by atoms with Crippen molar-refractivity contribution in [3.8, 4) is 0 Å². The number of benzene rings is 1. The molecule has 0 bridgehead atoms. The fourth-order valence-corrected chi connectivity index (χ4v) is 3.46. The van der Waals surface area contributed by atoms with E-state index in [1.807, 2.05) is 13.0 Å². The Bertz CT molecular complexity index is 482. The first-order valence-electron chi connectivity index (χ1n) is 4.85. The molecule has 2 rings (SSSR count). The summed E-state index contributed by atoms with van der Waals surface area (Å²) in [5.41, 5.74) is 7.12. The molecule has 1 atom stereocenters. The molecule has 0 radical (unpaired) electrons. The Morgan fingerprint density at radius 2 is 2.27 bits per heavy atom. The second-order valence-electron chi connectivity index (χ2n) is 3.86. The number of sulfone groups is 1. The smallest absolute Gasteiger partial charge is 0.182 e. The van der Waals surface area contributed by atoms with Crippen LogP contribution in [0.15, 0.2) is 23.1 Å². The van der Waals surface area contributed by atoms with Gasteiger partial charge in [-0.2, -0.15) is 0 Å². The van der Waals surface area contributed by atoms with Crippen molar-refractivity contribution in [3.05, 3.63) is 23.8 Å². The molecule has 15 heavy (non-hydrogen) atoms. The first kappa shape index (κ1) is 10.4. The van der Waals surface area contributed by atoms with E-state index in [-0.39, 0.29) is 11.8 Å². The van der Waals surface area contributed by atoms with Crippen molar-refractivity contribution >= 4 is 15.5 Å². The summed E-state index contributed by atoms with van der Waals surface area (Å²) in [6, 6.07) is 5.15. The number of fused-ring (bicyclic) bond motifs is 1. The predicted molar refractivity (Wildman–Crippen MR) is 59.5 cm³/mol. The first-order valence-corrected chi connectivity index (χ1v) is 6.50. The number of hydrogen-bond acceptors (Lipinski definition) is 4. The molecular formula is C10H14N2O2S. The standard InChI is InChI=1S/C10H14N2O2S/c1-7-6-15(13,14)10-3-2-8(5-11)4-9(10)12-7/h2-4,7,12H,5-6,11H2,1H3. The monoisotopic (exact) mass is 226 g/mol. The van der Waals surface area contributed by atoms with Crippen LogP contribution in [0.3, 0.4) is 0 Å². The van der Waals surface area contributed by atoms with Crippen LogP contribution in [0.1, 0.15) is 12.5 Å². The molecule has 0 spiro atoms. The summed E-state index contributed by atoms with van der Waals surface area (Å²) in [6.07, 6.45) is 0. The van der Waals surface area contributed by atoms with Gasteiger partial charge < -0.3 is 11.1 Å². The molecule has 1 aromatic carbocycles. The Hall–Kier alpha value is -1.07. The zero-order valence-corrected chi connectivity index (χ0v) is 9.34. The van der Waals surface area contributed by atoms with E-state index < -0.39 is 9.84 Å². The van der Waals surface area contributed by atoms with Gasteiger partial charge in [-0.05, 0) is 24.6 Å². The van der Waals surface area contributed by atoms with Crippen molar-refractivity contribution in [2.24, 2.45) is 5.73 Å². The normalized spacial score (nSPS) is 22.9. The summed E-state index contributed by atoms with van der Waals surface area (Å²) in [5.74, 6) is 0.155. The van der Waals surface area contributed by atoms with Crippen molar-refractivity contribution < 1.29 is 8.42 Å². The van der Waals surface area contributed by atoms with E-state index in [2.05, 4.69) is 5.32 Å². The van der Waals surface area contributed by atoms with E-state index in [9.17, 15) is 8.42 Å². The van der Waals surface area contributed by atoms with Gasteiger partial charge >= 0.3 is 0 Å². The van der Waals surface area contributed by atoms with Gasteiger partial charge in [0.2, 0.25) is 0 Å². The number of rotatable bonds is 1. The van der Waals surface area contributed by atoms with Crippen molar-refractivity contribution in [1.82, 2.24) is 0 Å². The van der Waals surface area contributed by atoms with Crippen molar-refractivity contribution in [2.75, 3.05) is 11.1 Å². The highest BCUT2D eigenvalue weighted by atomic mass is 32.2. The Labute approximate surface area is 89.4 Å². The van der Waals surface area contributed by atoms with E-state index in [0.717, 1.165) is 5.56 Å². The van der Waals surface area contributed by atoms with Gasteiger partial charge in [0.15, 0.2) is 9.84 Å². The maximum absolute atomic E-state index is 11.8. The number of nitrogens with two attached hydrogens (primary N) is 1. The molecule has 4 nitrogen and oxygen atoms in total. The summed E-state index contributed by atoms with van der Waals surface area (Å²) in [5, 5.41) is 3.16. The lowest BCUT2D eigenvalue weighted by atomic mass is 10.2. The zero-order chi connectivity index (χ0) is 11.1. The van der Waals surface area contributed by atoms with Gasteiger partial charge in [-0.1, -0.05) is 6.07 Å². The molecule has 1 heterocycles. The third-order valence-corrected chi connectivity index (χ3v) is 4.45. The highest BCUT2D eigenvalue weighted by Crippen LogP contribution is 2.29. The van der Waals surface area contributed by atoms with Gasteiger partial charge in [0.1, 0.15) is 0 Å². The second-order valence-corrected chi connectivity index (χ2v) is 5.86. The van der Waals surface area contributed by atoms with Crippen LogP contribution in [0.4, 0.5) is 5.69 Å². The minimum absolute atomic E-state index is 0.0458. The molecule has 0 aliphatic carbocycles. The third-order valence-electron chi connectivity index (χ3n) is 2.49. The molecule has 5 heteroatoms. The largest absolute Gasteiger partial charge is 0.380 e. The molecule has 1 aliphatic rings. The number of anilines is 1. The molecular weight excluding hydrogens is 212 g/mol. The van der Waals surface area contributed by atoms with E-state index >= 15 is 0 Å². The van der Waals surface area contributed by atoms with Crippen molar-refractivity contribution in [3.63, 3.8) is 0 Å². The van der Waals surface area contributed by atoms with Crippen molar-refractivity contribution in [2.45, 2.75) is 24.4 Å². The average Bonchev–Trinajstić information content (AvgIpc) is 2.15. The van der Waals surface area contributed by atoms with Crippen LogP contribution in [0.5, 0.6) is 0 Å². The minimum Gasteiger partial charge on any atom is -0.380 e. The first-order chi connectivity index (χ1) is 7.03. The molecule has 0 saturated carbocycles. The SMILES string of the molecule is CC1CS(=O)(=O)c2ccc(CN)cc2N1. The van der Waals surface area contributed by atoms with E-state index in [1.54, 1.807) is 12.1 Å². The zero-order valence-electron chi connectivity index (χ0n) is 8.53. The lowest BCUT2D eigenvalue weighted by Crippen LogP contribution is -2.31. The third kappa shape index (κ3) is 1.85. The van der Waals surface area contributed by atoms with E-state index in [1.165, 1.54) is 0 Å². The average molecular weight is 226 g/mol. The van der Waals surface area contributed by atoms with Crippen LogP contribution in [-0.4, -0.2) is 20.2 Å². The highest BCUT2D eigenvalue weighted by molar-refractivity contribution is 7.91. The van der Waals surface area contributed by atoms with Gasteiger partial charge in [-0.3, -0.25) is 0 Å². The van der Waals surface area contributed by atoms with Gasteiger partial charge in [0.25, 0.3) is 0 Å². The summed E-state index contributed by atoms with van der Waals surface area (Å²) in [6.45, 7) is 2.28. The summed E-state index contributed by atoms with van der Waals surface area (Å²) in [7, 11) is -3.12. The Morgan fingerprint density at radius 1 is 1.53 bits per heavy atom. The Kier molecular flexibility index (Phi) is 2.44. The van der Waals surface area contributed by atoms with Crippen molar-refractivity contribution in [1.29, 1.82) is 0 Å². The molecule has 1 aliphatic heterocycles. The molecule has 1 unspecified atom stereocenters. The molecule has 0 saturated heterocycles. The maximum Gasteiger partial charge on any atom is 0.182 e. The summed E-state index contributed by atoms with van der Waals surface area (Å²) >= 11 is 0. The van der Waals surface area contributed by atoms with Crippen LogP contribution in [-0.2, 0) is 16.4 Å². The quantitative estimate of drug-likeness (QED) is 0.740. The lowest BCUT2D eigenvalue weighted by molar-refractivity contribution is 0.588. The molecule has 3 N–H and O–H groups in total. The van der Waals surface area contributed by atoms with Gasteiger partial charge in [0.05, 0.1) is 16.3 Å². The van der Waals surface area contributed by atoms with E-state index in [4.69, 9.17) is 5.73 Å². The lowest BCUT2D eigenvalue weighted by Gasteiger charge is -2.24. The second kappa shape index (κ2) is 3.50. The summed E-state index contributed by atoms with van der Waals surface area (Å²) < 4.78 is 23.6. The Balaban J connectivity index is 2.57. The molecule has 1 aromatic rings. The maximum atomic E-state index is 11.8. The van der Waals surface area contributed by atoms with Gasteiger partial charge in [0, 0.05) is 12.6 Å². The molecule has 0 amide bonds. The van der Waals surface area contributed by atoms with Crippen LogP contribution in [0, 0.1) is 0 Å². The number of hydrogen-bond donors (Lipinski definition) is 2. The fourth-order valence-electron chi connectivity index (χ4n) is 1.81. The molecule has 82 valence electrons. The fraction of sp³-hybridized carbons (Fsp3) is 0.400. The minimum atomic E-state index is -3.12. The highest BCUT2D eigenvalue weighted by Gasteiger charge is 2.27. The molecule has 0 fully saturated rings. The van der Waals surface area contributed by atoms with Crippen LogP contribution in [0.25, 0.3) is 0 Å². The predicted octanol–water partition coefficient (Wildman–Crippen LogP) is 0.733. The van der Waals surface area contributed by atoms with Crippen LogP contribution < -0.4 is 11.1 Å². The number of nitrogens with one attached hydrogen (secondary N) is 1. The van der Waals surface area contributed by atoms with Crippen LogP contribution in [0.2, 0.25) is 0 Å². The van der Waals surface area contributed by atoms with Crippen LogP contribution >= 0.6 is 0 Å².